The van der Waals surface area contributed by atoms with Gasteiger partial charge in [0.2, 0.25) is 0 Å². The second-order valence-electron chi connectivity index (χ2n) is 11.2. The molecule has 0 amide bonds. The first kappa shape index (κ1) is 22.7. The van der Waals surface area contributed by atoms with E-state index >= 15 is 0 Å². The third-order valence-electron chi connectivity index (χ3n) is 7.06. The lowest BCUT2D eigenvalue weighted by atomic mass is 9.82. The summed E-state index contributed by atoms with van der Waals surface area (Å²) in [6.07, 6.45) is 3.13. The maximum Gasteiger partial charge on any atom is 0.0880 e. The number of aryl methyl sites for hydroxylation is 1. The smallest absolute Gasteiger partial charge is 0.0880 e. The van der Waals surface area contributed by atoms with Crippen LogP contribution in [0, 0.1) is 12.8 Å². The fourth-order valence-electron chi connectivity index (χ4n) is 5.40. The maximum absolute atomic E-state index is 4.94. The molecule has 0 spiro atoms. The van der Waals surface area contributed by atoms with E-state index in [1.54, 1.807) is 0 Å². The van der Waals surface area contributed by atoms with Crippen molar-refractivity contribution in [2.75, 3.05) is 0 Å². The molecule has 0 N–H and O–H groups in total. The van der Waals surface area contributed by atoms with Crippen molar-refractivity contribution in [3.05, 3.63) is 76.8 Å². The molecule has 176 valence electrons. The van der Waals surface area contributed by atoms with Gasteiger partial charge in [-0.25, -0.2) is 0 Å². The minimum Gasteiger partial charge on any atom is -0.255 e. The topological polar surface area (TPSA) is 12.9 Å². The zero-order valence-electron chi connectivity index (χ0n) is 21.3. The van der Waals surface area contributed by atoms with E-state index in [0.29, 0.717) is 5.92 Å². The molecule has 35 heavy (non-hydrogen) atoms. The molecule has 3 aromatic heterocycles. The molecule has 0 bridgehead atoms. The average molecular weight is 494 g/mol. The Morgan fingerprint density at radius 3 is 2.37 bits per heavy atom. The van der Waals surface area contributed by atoms with Crippen LogP contribution in [0.1, 0.15) is 50.6 Å². The first-order valence-corrected chi connectivity index (χ1v) is 14.1. The number of nitrogens with zero attached hydrogens (tertiary/aromatic N) is 1. The zero-order chi connectivity index (χ0) is 24.5. The number of fused-ring (bicyclic) bond motifs is 5. The van der Waals surface area contributed by atoms with Gasteiger partial charge >= 0.3 is 0 Å². The average Bonchev–Trinajstić information content (AvgIpc) is 3.32. The minimum absolute atomic E-state index is 0.0543. The largest absolute Gasteiger partial charge is 0.255 e. The Hall–Kier alpha value is -2.75. The highest BCUT2D eigenvalue weighted by molar-refractivity contribution is 7.27. The monoisotopic (exact) mass is 493 g/mol. The number of hydrogen-bond acceptors (Lipinski definition) is 3. The van der Waals surface area contributed by atoms with Crippen LogP contribution >= 0.6 is 22.7 Å². The summed E-state index contributed by atoms with van der Waals surface area (Å²) >= 11 is 3.83. The predicted molar refractivity (Wildman–Crippen MR) is 157 cm³/mol. The predicted octanol–water partition coefficient (Wildman–Crippen LogP) is 10.3. The van der Waals surface area contributed by atoms with Crippen LogP contribution in [0.3, 0.4) is 0 Å². The highest BCUT2D eigenvalue weighted by Crippen LogP contribution is 2.44. The van der Waals surface area contributed by atoms with Gasteiger partial charge in [-0.1, -0.05) is 58.9 Å². The lowest BCUT2D eigenvalue weighted by Gasteiger charge is -2.22. The second kappa shape index (κ2) is 8.15. The summed E-state index contributed by atoms with van der Waals surface area (Å²) < 4.78 is 4.06. The zero-order valence-corrected chi connectivity index (χ0v) is 23.0. The molecule has 6 rings (SSSR count). The molecule has 0 saturated carbocycles. The van der Waals surface area contributed by atoms with E-state index in [4.69, 9.17) is 4.98 Å². The number of benzene rings is 3. The van der Waals surface area contributed by atoms with Crippen LogP contribution in [0.5, 0.6) is 0 Å². The lowest BCUT2D eigenvalue weighted by molar-refractivity contribution is 0.596. The summed E-state index contributed by atoms with van der Waals surface area (Å²) in [5.41, 5.74) is 5.27. The van der Waals surface area contributed by atoms with Gasteiger partial charge < -0.3 is 0 Å². The van der Waals surface area contributed by atoms with E-state index in [1.807, 2.05) is 28.9 Å². The van der Waals surface area contributed by atoms with Crippen LogP contribution in [-0.4, -0.2) is 4.98 Å². The molecule has 0 aliphatic heterocycles. The Balaban J connectivity index is 1.62. The Bertz CT molecular complexity index is 1740. The molecule has 0 radical (unpaired) electrons. The first-order chi connectivity index (χ1) is 16.7. The highest BCUT2D eigenvalue weighted by atomic mass is 32.1. The summed E-state index contributed by atoms with van der Waals surface area (Å²) in [7, 11) is 0. The number of aromatic nitrogens is 1. The Labute approximate surface area is 215 Å². The first-order valence-electron chi connectivity index (χ1n) is 12.5. The maximum atomic E-state index is 4.94. The SMILES string of the molecule is Cc1sc2cc3sc4c(-c5cc(C(C)(C)C)c6ccccc6c5)nccc4c3cc2c1CC(C)C. The van der Waals surface area contributed by atoms with E-state index in [1.165, 1.54) is 62.6 Å². The van der Waals surface area contributed by atoms with Gasteiger partial charge in [-0.3, -0.25) is 4.98 Å². The standard InChI is InChI=1S/C32H31NS2/c1-18(2)13-24-19(3)34-28-17-29-25(16-26(24)28)23-11-12-33-30(31(23)35-29)21-14-20-9-7-8-10-22(20)27(15-21)32(4,5)6/h7-12,14-18H,13H2,1-6H3. The van der Waals surface area contributed by atoms with Crippen molar-refractivity contribution in [2.45, 2.75) is 53.4 Å². The molecule has 0 saturated heterocycles. The molecule has 3 aromatic carbocycles. The number of hydrogen-bond donors (Lipinski definition) is 0. The van der Waals surface area contributed by atoms with E-state index in [-0.39, 0.29) is 5.41 Å². The Kier molecular flexibility index (Phi) is 5.28. The van der Waals surface area contributed by atoms with Crippen LogP contribution < -0.4 is 0 Å². The molecular formula is C32H31NS2. The fourth-order valence-corrected chi connectivity index (χ4v) is 7.82. The summed E-state index contributed by atoms with van der Waals surface area (Å²) in [6, 6.07) is 20.5. The van der Waals surface area contributed by atoms with Crippen LogP contribution in [-0.2, 0) is 11.8 Å². The third kappa shape index (κ3) is 3.77. The highest BCUT2D eigenvalue weighted by Gasteiger charge is 2.21. The molecule has 0 aliphatic rings. The minimum atomic E-state index is 0.0543. The van der Waals surface area contributed by atoms with E-state index in [2.05, 4.69) is 96.1 Å². The molecule has 6 aromatic rings. The van der Waals surface area contributed by atoms with E-state index < -0.39 is 0 Å². The lowest BCUT2D eigenvalue weighted by Crippen LogP contribution is -2.12. The summed E-state index contributed by atoms with van der Waals surface area (Å²) in [5.74, 6) is 0.655. The Morgan fingerprint density at radius 1 is 0.829 bits per heavy atom. The van der Waals surface area contributed by atoms with Gasteiger partial charge in [0.05, 0.1) is 10.4 Å². The second-order valence-corrected chi connectivity index (χ2v) is 13.5. The van der Waals surface area contributed by atoms with Gasteiger partial charge in [0.1, 0.15) is 0 Å². The van der Waals surface area contributed by atoms with Gasteiger partial charge in [0, 0.05) is 36.8 Å². The van der Waals surface area contributed by atoms with Crippen molar-refractivity contribution in [1.82, 2.24) is 4.98 Å². The van der Waals surface area contributed by atoms with Crippen molar-refractivity contribution >= 4 is 63.7 Å². The molecule has 1 nitrogen and oxygen atoms in total. The number of rotatable bonds is 3. The molecular weight excluding hydrogens is 462 g/mol. The van der Waals surface area contributed by atoms with E-state index in [9.17, 15) is 0 Å². The summed E-state index contributed by atoms with van der Waals surface area (Å²) in [5, 5.41) is 6.74. The van der Waals surface area contributed by atoms with Crippen LogP contribution in [0.2, 0.25) is 0 Å². The van der Waals surface area contributed by atoms with Crippen molar-refractivity contribution in [2.24, 2.45) is 5.92 Å². The third-order valence-corrected chi connectivity index (χ3v) is 9.34. The normalized spacial score (nSPS) is 12.7. The van der Waals surface area contributed by atoms with Crippen molar-refractivity contribution in [3.8, 4) is 11.3 Å². The molecule has 0 aliphatic carbocycles. The van der Waals surface area contributed by atoms with Crippen molar-refractivity contribution in [3.63, 3.8) is 0 Å². The molecule has 0 atom stereocenters. The van der Waals surface area contributed by atoms with Crippen LogP contribution in [0.4, 0.5) is 0 Å². The molecule has 0 fully saturated rings. The van der Waals surface area contributed by atoms with Crippen molar-refractivity contribution < 1.29 is 0 Å². The van der Waals surface area contributed by atoms with Gasteiger partial charge in [-0.05, 0) is 82.3 Å². The van der Waals surface area contributed by atoms with Gasteiger partial charge in [-0.2, -0.15) is 0 Å². The summed E-state index contributed by atoms with van der Waals surface area (Å²) in [6.45, 7) is 13.8. The van der Waals surface area contributed by atoms with Crippen LogP contribution in [0.25, 0.3) is 52.3 Å². The Morgan fingerprint density at radius 2 is 1.60 bits per heavy atom. The van der Waals surface area contributed by atoms with Gasteiger partial charge in [-0.15, -0.1) is 22.7 Å². The summed E-state index contributed by atoms with van der Waals surface area (Å²) in [4.78, 5) is 6.41. The fraction of sp³-hybridized carbons (Fsp3) is 0.281. The van der Waals surface area contributed by atoms with Crippen molar-refractivity contribution in [1.29, 1.82) is 0 Å². The molecule has 0 unspecified atom stereocenters. The van der Waals surface area contributed by atoms with Crippen LogP contribution in [0.15, 0.2) is 60.8 Å². The number of pyridine rings is 1. The van der Waals surface area contributed by atoms with E-state index in [0.717, 1.165) is 12.1 Å². The van der Waals surface area contributed by atoms with Gasteiger partial charge in [0.25, 0.3) is 0 Å². The molecule has 3 heteroatoms. The number of thiophene rings is 2. The molecule has 3 heterocycles. The van der Waals surface area contributed by atoms with Gasteiger partial charge in [0.15, 0.2) is 0 Å². The quantitative estimate of drug-likeness (QED) is 0.239.